The fourth-order valence-corrected chi connectivity index (χ4v) is 0.998. The molecule has 88 valence electrons. The van der Waals surface area contributed by atoms with Gasteiger partial charge in [0.05, 0.1) is 31.7 Å². The van der Waals surface area contributed by atoms with E-state index in [2.05, 4.69) is 4.74 Å². The van der Waals surface area contributed by atoms with Gasteiger partial charge in [-0.3, -0.25) is 9.59 Å². The minimum atomic E-state index is -1.05. The second-order valence-corrected chi connectivity index (χ2v) is 3.12. The Balaban J connectivity index is 4.02. The van der Waals surface area contributed by atoms with Gasteiger partial charge in [0.1, 0.15) is 0 Å². The maximum absolute atomic E-state index is 11.2. The highest BCUT2D eigenvalue weighted by Gasteiger charge is 2.25. The van der Waals surface area contributed by atoms with Crippen LogP contribution in [0.2, 0.25) is 0 Å². The monoisotopic (exact) mass is 218 g/mol. The minimum Gasteiger partial charge on any atom is -0.466 e. The maximum atomic E-state index is 11.2. The van der Waals surface area contributed by atoms with Crippen molar-refractivity contribution in [1.82, 2.24) is 0 Å². The highest BCUT2D eigenvalue weighted by atomic mass is 16.5. The molecule has 0 aliphatic heterocycles. The molecule has 0 aliphatic carbocycles. The van der Waals surface area contributed by atoms with Crippen LogP contribution in [0.1, 0.15) is 27.2 Å². The molecule has 2 atom stereocenters. The van der Waals surface area contributed by atoms with Gasteiger partial charge in [-0.2, -0.15) is 0 Å². The molecule has 0 aromatic carbocycles. The second-order valence-electron chi connectivity index (χ2n) is 3.12. The first-order valence-corrected chi connectivity index (χ1v) is 5.03. The summed E-state index contributed by atoms with van der Waals surface area (Å²) < 4.78 is 9.37. The summed E-state index contributed by atoms with van der Waals surface area (Å²) in [5.41, 5.74) is 0. The standard InChI is InChI=1S/C10H18O5/c1-4-14-9(12)6-8(11)7(3)10(13)15-5-2/h7-8,11H,4-6H2,1-3H3/t7-,8-/m1/s1. The van der Waals surface area contributed by atoms with Gasteiger partial charge in [-0.25, -0.2) is 0 Å². The summed E-state index contributed by atoms with van der Waals surface area (Å²) in [5.74, 6) is -1.73. The van der Waals surface area contributed by atoms with Crippen molar-refractivity contribution in [2.24, 2.45) is 5.92 Å². The minimum absolute atomic E-state index is 0.187. The van der Waals surface area contributed by atoms with Crippen LogP contribution in [0.25, 0.3) is 0 Å². The Labute approximate surface area is 89.4 Å². The first-order chi connectivity index (χ1) is 7.02. The summed E-state index contributed by atoms with van der Waals surface area (Å²) in [6, 6.07) is 0. The van der Waals surface area contributed by atoms with E-state index in [1.165, 1.54) is 6.92 Å². The molecule has 0 rings (SSSR count). The van der Waals surface area contributed by atoms with Gasteiger partial charge in [-0.1, -0.05) is 0 Å². The molecule has 0 aromatic rings. The Morgan fingerprint density at radius 3 is 2.20 bits per heavy atom. The molecule has 5 nitrogen and oxygen atoms in total. The summed E-state index contributed by atoms with van der Waals surface area (Å²) in [6.07, 6.45) is -1.24. The third kappa shape index (κ3) is 5.37. The molecular weight excluding hydrogens is 200 g/mol. The number of hydrogen-bond acceptors (Lipinski definition) is 5. The van der Waals surface area contributed by atoms with Gasteiger partial charge in [0.15, 0.2) is 0 Å². The van der Waals surface area contributed by atoms with Gasteiger partial charge in [0.2, 0.25) is 0 Å². The predicted octanol–water partition coefficient (Wildman–Crippen LogP) is 0.500. The third-order valence-electron chi connectivity index (χ3n) is 1.92. The molecule has 15 heavy (non-hydrogen) atoms. The first kappa shape index (κ1) is 13.9. The number of rotatable bonds is 6. The van der Waals surface area contributed by atoms with E-state index >= 15 is 0 Å². The zero-order valence-electron chi connectivity index (χ0n) is 9.36. The summed E-state index contributed by atoms with van der Waals surface area (Å²) >= 11 is 0. The number of esters is 2. The van der Waals surface area contributed by atoms with E-state index in [9.17, 15) is 14.7 Å². The lowest BCUT2D eigenvalue weighted by Crippen LogP contribution is -2.30. The molecule has 5 heteroatoms. The molecule has 1 N–H and O–H groups in total. The van der Waals surface area contributed by atoms with Crippen LogP contribution in [0.15, 0.2) is 0 Å². The van der Waals surface area contributed by atoms with Crippen molar-refractivity contribution in [2.75, 3.05) is 13.2 Å². The predicted molar refractivity (Wildman–Crippen MR) is 53.1 cm³/mol. The molecule has 0 aromatic heterocycles. The number of hydrogen-bond donors (Lipinski definition) is 1. The average Bonchev–Trinajstić information content (AvgIpc) is 2.17. The summed E-state index contributed by atoms with van der Waals surface area (Å²) in [5, 5.41) is 9.51. The van der Waals surface area contributed by atoms with Crippen molar-refractivity contribution in [2.45, 2.75) is 33.3 Å². The van der Waals surface area contributed by atoms with Crippen LogP contribution >= 0.6 is 0 Å². The van der Waals surface area contributed by atoms with E-state index < -0.39 is 24.0 Å². The number of carbonyl (C=O) groups excluding carboxylic acids is 2. The van der Waals surface area contributed by atoms with Crippen LogP contribution in [-0.4, -0.2) is 36.4 Å². The van der Waals surface area contributed by atoms with Crippen molar-refractivity contribution in [3.63, 3.8) is 0 Å². The molecule has 0 heterocycles. The van der Waals surface area contributed by atoms with E-state index in [4.69, 9.17) is 4.74 Å². The van der Waals surface area contributed by atoms with E-state index in [1.54, 1.807) is 13.8 Å². The lowest BCUT2D eigenvalue weighted by Gasteiger charge is -2.16. The molecular formula is C10H18O5. The summed E-state index contributed by atoms with van der Waals surface area (Å²) in [7, 11) is 0. The van der Waals surface area contributed by atoms with Crippen molar-refractivity contribution in [1.29, 1.82) is 0 Å². The van der Waals surface area contributed by atoms with E-state index in [1.807, 2.05) is 0 Å². The highest BCUT2D eigenvalue weighted by molar-refractivity contribution is 5.75. The van der Waals surface area contributed by atoms with E-state index in [0.717, 1.165) is 0 Å². The van der Waals surface area contributed by atoms with Crippen LogP contribution in [0.4, 0.5) is 0 Å². The Morgan fingerprint density at radius 2 is 1.73 bits per heavy atom. The lowest BCUT2D eigenvalue weighted by atomic mass is 10.0. The quantitative estimate of drug-likeness (QED) is 0.657. The third-order valence-corrected chi connectivity index (χ3v) is 1.92. The summed E-state index contributed by atoms with van der Waals surface area (Å²) in [6.45, 7) is 5.40. The Bertz CT molecular complexity index is 214. The fourth-order valence-electron chi connectivity index (χ4n) is 0.998. The Kier molecular flexibility index (Phi) is 6.70. The largest absolute Gasteiger partial charge is 0.466 e. The van der Waals surface area contributed by atoms with E-state index in [0.29, 0.717) is 0 Å². The number of aliphatic hydroxyl groups excluding tert-OH is 1. The molecule has 0 spiro atoms. The molecule has 0 aliphatic rings. The first-order valence-electron chi connectivity index (χ1n) is 5.03. The number of carbonyl (C=O) groups is 2. The Morgan fingerprint density at radius 1 is 1.20 bits per heavy atom. The van der Waals surface area contributed by atoms with Gasteiger partial charge < -0.3 is 14.6 Å². The molecule has 0 bridgehead atoms. The summed E-state index contributed by atoms with van der Waals surface area (Å²) in [4.78, 5) is 22.2. The Hall–Kier alpha value is -1.10. The fraction of sp³-hybridized carbons (Fsp3) is 0.800. The van der Waals surface area contributed by atoms with Crippen LogP contribution in [-0.2, 0) is 19.1 Å². The van der Waals surface area contributed by atoms with Crippen LogP contribution in [0.3, 0.4) is 0 Å². The maximum Gasteiger partial charge on any atom is 0.311 e. The second kappa shape index (κ2) is 7.23. The number of ether oxygens (including phenoxy) is 2. The average molecular weight is 218 g/mol. The van der Waals surface area contributed by atoms with Crippen LogP contribution in [0.5, 0.6) is 0 Å². The molecule has 0 unspecified atom stereocenters. The van der Waals surface area contributed by atoms with Crippen LogP contribution in [0, 0.1) is 5.92 Å². The zero-order valence-corrected chi connectivity index (χ0v) is 9.36. The zero-order chi connectivity index (χ0) is 11.8. The van der Waals surface area contributed by atoms with Gasteiger partial charge in [0, 0.05) is 0 Å². The van der Waals surface area contributed by atoms with Gasteiger partial charge in [0.25, 0.3) is 0 Å². The van der Waals surface area contributed by atoms with Gasteiger partial charge >= 0.3 is 11.9 Å². The molecule has 0 saturated carbocycles. The van der Waals surface area contributed by atoms with Gasteiger partial charge in [-0.05, 0) is 20.8 Å². The smallest absolute Gasteiger partial charge is 0.311 e. The lowest BCUT2D eigenvalue weighted by molar-refractivity contribution is -0.154. The number of aliphatic hydroxyl groups is 1. The van der Waals surface area contributed by atoms with Crippen LogP contribution < -0.4 is 0 Å². The highest BCUT2D eigenvalue weighted by Crippen LogP contribution is 2.10. The van der Waals surface area contributed by atoms with Crippen molar-refractivity contribution in [3.05, 3.63) is 0 Å². The molecule has 0 fully saturated rings. The SMILES string of the molecule is CCOC(=O)C[C@@H](O)[C@@H](C)C(=O)OCC. The normalized spacial score (nSPS) is 14.1. The van der Waals surface area contributed by atoms with Gasteiger partial charge in [-0.15, -0.1) is 0 Å². The van der Waals surface area contributed by atoms with Crippen molar-refractivity contribution < 1.29 is 24.2 Å². The topological polar surface area (TPSA) is 72.8 Å². The molecule has 0 amide bonds. The van der Waals surface area contributed by atoms with Crippen molar-refractivity contribution in [3.8, 4) is 0 Å². The van der Waals surface area contributed by atoms with E-state index in [-0.39, 0.29) is 19.6 Å². The molecule has 0 saturated heterocycles. The van der Waals surface area contributed by atoms with Crippen molar-refractivity contribution >= 4 is 11.9 Å². The molecule has 0 radical (unpaired) electrons.